The van der Waals surface area contributed by atoms with Crippen molar-refractivity contribution in [3.05, 3.63) is 72.1 Å². The Labute approximate surface area is 143 Å². The van der Waals surface area contributed by atoms with Gasteiger partial charge in [0.05, 0.1) is 0 Å². The Kier molecular flexibility index (Phi) is 4.88. The zero-order valence-electron chi connectivity index (χ0n) is 12.4. The zero-order valence-corrected chi connectivity index (χ0v) is 13.2. The maximum Gasteiger partial charge on any atom is 0.323 e. The Balaban J connectivity index is 1.59. The fraction of sp³-hybridized carbons (Fsp3) is 0. The Bertz CT molecular complexity index is 826. The summed E-state index contributed by atoms with van der Waals surface area (Å²) in [5.41, 5.74) is 1.35. The van der Waals surface area contributed by atoms with E-state index < -0.39 is 0 Å². The van der Waals surface area contributed by atoms with Crippen LogP contribution in [0.4, 0.5) is 16.2 Å². The quantitative estimate of drug-likeness (QED) is 0.682. The lowest BCUT2D eigenvalue weighted by atomic mass is 10.3. The summed E-state index contributed by atoms with van der Waals surface area (Å²) in [5.74, 6) is 0.913. The van der Waals surface area contributed by atoms with Gasteiger partial charge in [-0.05, 0) is 36.4 Å². The van der Waals surface area contributed by atoms with Crippen LogP contribution in [-0.2, 0) is 0 Å². The topological polar surface area (TPSA) is 76.1 Å². The summed E-state index contributed by atoms with van der Waals surface area (Å²) in [6.07, 6.45) is 1.32. The number of aromatic nitrogens is 2. The van der Waals surface area contributed by atoms with Crippen molar-refractivity contribution in [1.29, 1.82) is 0 Å². The molecule has 0 aliphatic heterocycles. The van der Waals surface area contributed by atoms with Crippen LogP contribution in [-0.4, -0.2) is 16.0 Å². The first-order valence-electron chi connectivity index (χ1n) is 7.07. The van der Waals surface area contributed by atoms with Crippen LogP contribution < -0.4 is 15.4 Å². The van der Waals surface area contributed by atoms with Gasteiger partial charge in [0.1, 0.15) is 17.2 Å². The minimum absolute atomic E-state index is 0.302. The van der Waals surface area contributed by atoms with Crippen molar-refractivity contribution >= 4 is 29.0 Å². The molecule has 0 atom stereocenters. The molecule has 0 saturated heterocycles. The Morgan fingerprint density at radius 2 is 1.58 bits per heavy atom. The second kappa shape index (κ2) is 7.43. The third-order valence-corrected chi connectivity index (χ3v) is 3.18. The average Bonchev–Trinajstić information content (AvgIpc) is 2.57. The lowest BCUT2D eigenvalue weighted by molar-refractivity contribution is 0.262. The molecule has 0 fully saturated rings. The lowest BCUT2D eigenvalue weighted by Crippen LogP contribution is -2.19. The predicted molar refractivity (Wildman–Crippen MR) is 92.6 cm³/mol. The summed E-state index contributed by atoms with van der Waals surface area (Å²) in [4.78, 5) is 19.6. The number of hydrogen-bond donors (Lipinski definition) is 2. The summed E-state index contributed by atoms with van der Waals surface area (Å²) in [6, 6.07) is 17.3. The van der Waals surface area contributed by atoms with Crippen molar-refractivity contribution < 1.29 is 9.53 Å². The second-order valence-electron chi connectivity index (χ2n) is 4.75. The van der Waals surface area contributed by atoms with Gasteiger partial charge < -0.3 is 15.4 Å². The van der Waals surface area contributed by atoms with Crippen LogP contribution in [0.25, 0.3) is 0 Å². The first-order valence-corrected chi connectivity index (χ1v) is 7.45. The van der Waals surface area contributed by atoms with Gasteiger partial charge in [0.2, 0.25) is 5.88 Å². The van der Waals surface area contributed by atoms with Crippen LogP contribution in [0, 0.1) is 0 Å². The largest absolute Gasteiger partial charge is 0.439 e. The molecular formula is C17H13ClN4O2. The number of ether oxygens (including phenoxy) is 1. The van der Waals surface area contributed by atoms with E-state index in [1.54, 1.807) is 24.3 Å². The second-order valence-corrected chi connectivity index (χ2v) is 5.14. The van der Waals surface area contributed by atoms with E-state index in [1.807, 2.05) is 30.3 Å². The van der Waals surface area contributed by atoms with E-state index in [9.17, 15) is 4.79 Å². The molecule has 0 aliphatic rings. The first kappa shape index (κ1) is 15.8. The van der Waals surface area contributed by atoms with Crippen molar-refractivity contribution in [2.24, 2.45) is 0 Å². The monoisotopic (exact) mass is 340 g/mol. The number of amides is 2. The highest BCUT2D eigenvalue weighted by Gasteiger charge is 2.04. The van der Waals surface area contributed by atoms with Crippen LogP contribution in [0.3, 0.4) is 0 Å². The standard InChI is InChI=1S/C17H13ClN4O2/c18-15-10-16(20-11-19-15)24-14-8-6-13(7-9-14)22-17(23)21-12-4-2-1-3-5-12/h1-11H,(H2,21,22,23). The number of nitrogens with zero attached hydrogens (tertiary/aromatic N) is 2. The SMILES string of the molecule is O=C(Nc1ccccc1)Nc1ccc(Oc2cc(Cl)ncn2)cc1. The molecule has 0 aliphatic carbocycles. The first-order chi connectivity index (χ1) is 11.7. The Morgan fingerprint density at radius 1 is 0.917 bits per heavy atom. The molecule has 7 heteroatoms. The molecule has 1 aromatic heterocycles. The van der Waals surface area contributed by atoms with E-state index in [4.69, 9.17) is 16.3 Å². The molecule has 0 saturated carbocycles. The number of urea groups is 1. The number of carbonyl (C=O) groups excluding carboxylic acids is 1. The van der Waals surface area contributed by atoms with Gasteiger partial charge in [-0.3, -0.25) is 0 Å². The number of rotatable bonds is 4. The summed E-state index contributed by atoms with van der Waals surface area (Å²) >= 11 is 5.77. The van der Waals surface area contributed by atoms with Crippen molar-refractivity contribution in [2.75, 3.05) is 10.6 Å². The van der Waals surface area contributed by atoms with Crippen LogP contribution in [0.15, 0.2) is 67.0 Å². The van der Waals surface area contributed by atoms with E-state index >= 15 is 0 Å². The van der Waals surface area contributed by atoms with Gasteiger partial charge >= 0.3 is 6.03 Å². The van der Waals surface area contributed by atoms with E-state index in [0.29, 0.717) is 22.5 Å². The summed E-state index contributed by atoms with van der Waals surface area (Å²) in [7, 11) is 0. The van der Waals surface area contributed by atoms with Crippen LogP contribution >= 0.6 is 11.6 Å². The molecule has 1 heterocycles. The van der Waals surface area contributed by atoms with E-state index in [-0.39, 0.29) is 6.03 Å². The molecule has 24 heavy (non-hydrogen) atoms. The van der Waals surface area contributed by atoms with Crippen molar-refractivity contribution in [1.82, 2.24) is 9.97 Å². The number of anilines is 2. The summed E-state index contributed by atoms with van der Waals surface area (Å²) in [5, 5.41) is 5.78. The zero-order chi connectivity index (χ0) is 16.8. The number of carbonyl (C=O) groups is 1. The highest BCUT2D eigenvalue weighted by atomic mass is 35.5. The van der Waals surface area contributed by atoms with Gasteiger partial charge in [0.15, 0.2) is 0 Å². The molecule has 0 spiro atoms. The normalized spacial score (nSPS) is 10.0. The highest BCUT2D eigenvalue weighted by Crippen LogP contribution is 2.22. The summed E-state index contributed by atoms with van der Waals surface area (Å²) in [6.45, 7) is 0. The highest BCUT2D eigenvalue weighted by molar-refractivity contribution is 6.29. The Hall–Kier alpha value is -3.12. The molecule has 0 bridgehead atoms. The van der Waals surface area contributed by atoms with Crippen molar-refractivity contribution in [3.63, 3.8) is 0 Å². The molecule has 3 rings (SSSR count). The van der Waals surface area contributed by atoms with Gasteiger partial charge in [0.25, 0.3) is 0 Å². The molecule has 2 N–H and O–H groups in total. The molecule has 6 nitrogen and oxygen atoms in total. The van der Waals surface area contributed by atoms with Gasteiger partial charge in [-0.15, -0.1) is 0 Å². The number of halogens is 1. The molecule has 2 amide bonds. The molecule has 2 aromatic carbocycles. The molecular weight excluding hydrogens is 328 g/mol. The van der Waals surface area contributed by atoms with Gasteiger partial charge in [0, 0.05) is 17.4 Å². The Morgan fingerprint density at radius 3 is 2.25 bits per heavy atom. The van der Waals surface area contributed by atoms with E-state index in [0.717, 1.165) is 5.69 Å². The number of benzene rings is 2. The minimum atomic E-state index is -0.322. The number of hydrogen-bond acceptors (Lipinski definition) is 4. The molecule has 0 unspecified atom stereocenters. The maximum absolute atomic E-state index is 11.9. The fourth-order valence-corrected chi connectivity index (χ4v) is 2.05. The smallest absolute Gasteiger partial charge is 0.323 e. The predicted octanol–water partition coefficient (Wildman–Crippen LogP) is 4.57. The number of nitrogens with one attached hydrogen (secondary N) is 2. The van der Waals surface area contributed by atoms with Crippen LogP contribution in [0.2, 0.25) is 5.15 Å². The van der Waals surface area contributed by atoms with E-state index in [2.05, 4.69) is 20.6 Å². The third kappa shape index (κ3) is 4.44. The molecule has 120 valence electrons. The average molecular weight is 341 g/mol. The van der Waals surface area contributed by atoms with Crippen LogP contribution in [0.1, 0.15) is 0 Å². The van der Waals surface area contributed by atoms with Gasteiger partial charge in [-0.1, -0.05) is 29.8 Å². The van der Waals surface area contributed by atoms with Gasteiger partial charge in [-0.25, -0.2) is 14.8 Å². The van der Waals surface area contributed by atoms with Crippen LogP contribution in [0.5, 0.6) is 11.6 Å². The summed E-state index contributed by atoms with van der Waals surface area (Å²) < 4.78 is 5.55. The van der Waals surface area contributed by atoms with Gasteiger partial charge in [-0.2, -0.15) is 0 Å². The maximum atomic E-state index is 11.9. The fourth-order valence-electron chi connectivity index (χ4n) is 1.92. The molecule has 0 radical (unpaired) electrons. The number of para-hydroxylation sites is 1. The van der Waals surface area contributed by atoms with Crippen molar-refractivity contribution in [3.8, 4) is 11.6 Å². The lowest BCUT2D eigenvalue weighted by Gasteiger charge is -2.09. The minimum Gasteiger partial charge on any atom is -0.439 e. The van der Waals surface area contributed by atoms with E-state index in [1.165, 1.54) is 12.4 Å². The third-order valence-electron chi connectivity index (χ3n) is 2.97. The van der Waals surface area contributed by atoms with Crippen molar-refractivity contribution in [2.45, 2.75) is 0 Å². The molecule has 3 aromatic rings.